The van der Waals surface area contributed by atoms with E-state index in [0.29, 0.717) is 6.61 Å². The second kappa shape index (κ2) is 12.3. The third-order valence-electron chi connectivity index (χ3n) is 4.96. The van der Waals surface area contributed by atoms with Crippen LogP contribution in [0.3, 0.4) is 0 Å². The van der Waals surface area contributed by atoms with Gasteiger partial charge in [0.25, 0.3) is 0 Å². The largest absolute Gasteiger partial charge is 0.494 e. The number of benzene rings is 1. The zero-order valence-corrected chi connectivity index (χ0v) is 17.6. The Hall–Kier alpha value is -2.14. The highest BCUT2D eigenvalue weighted by molar-refractivity contribution is 5.43. The summed E-state index contributed by atoms with van der Waals surface area (Å²) < 4.78 is 5.70. The van der Waals surface area contributed by atoms with E-state index in [9.17, 15) is 5.11 Å². The molecule has 0 aliphatic heterocycles. The average Bonchev–Trinajstić information content (AvgIpc) is 2.69. The van der Waals surface area contributed by atoms with Crippen LogP contribution in [0, 0.1) is 6.92 Å². The Morgan fingerprint density at radius 3 is 2.71 bits per heavy atom. The Morgan fingerprint density at radius 1 is 1.14 bits per heavy atom. The van der Waals surface area contributed by atoms with Gasteiger partial charge in [-0.3, -0.25) is 0 Å². The van der Waals surface area contributed by atoms with Crippen molar-refractivity contribution >= 4 is 5.82 Å². The van der Waals surface area contributed by atoms with E-state index in [-0.39, 0.29) is 12.6 Å². The standard InChI is InChI=1S/C23H35N3O2/c1-4-8-21(13-14-27)26-23-20(16-24-17-25-23)10-7-6-9-19-12-11-18(3)22(15-19)28-5-2/h11-12,15-17,21,27H,4-10,13-14H2,1-3H3,(H,24,25,26)/t21-/m0/s1. The molecule has 5 heteroatoms. The summed E-state index contributed by atoms with van der Waals surface area (Å²) >= 11 is 0. The smallest absolute Gasteiger partial charge is 0.132 e. The molecule has 0 saturated heterocycles. The molecule has 1 aromatic carbocycles. The van der Waals surface area contributed by atoms with Crippen molar-refractivity contribution < 1.29 is 9.84 Å². The van der Waals surface area contributed by atoms with Crippen LogP contribution in [0.2, 0.25) is 0 Å². The van der Waals surface area contributed by atoms with Crippen LogP contribution in [0.25, 0.3) is 0 Å². The molecule has 154 valence electrons. The first-order chi connectivity index (χ1) is 13.7. The molecule has 0 spiro atoms. The molecule has 2 N–H and O–H groups in total. The maximum absolute atomic E-state index is 9.28. The molecule has 0 unspecified atom stereocenters. The Morgan fingerprint density at radius 2 is 1.96 bits per heavy atom. The summed E-state index contributed by atoms with van der Waals surface area (Å²) in [5.41, 5.74) is 3.66. The fourth-order valence-electron chi connectivity index (χ4n) is 3.41. The molecule has 0 aliphatic rings. The highest BCUT2D eigenvalue weighted by Crippen LogP contribution is 2.22. The van der Waals surface area contributed by atoms with Crippen LogP contribution < -0.4 is 10.1 Å². The van der Waals surface area contributed by atoms with Crippen LogP contribution in [-0.2, 0) is 12.8 Å². The Labute approximate surface area is 169 Å². The van der Waals surface area contributed by atoms with Gasteiger partial charge in [0.2, 0.25) is 0 Å². The number of aromatic nitrogens is 2. The lowest BCUT2D eigenvalue weighted by atomic mass is 10.0. The molecular formula is C23H35N3O2. The van der Waals surface area contributed by atoms with E-state index >= 15 is 0 Å². The van der Waals surface area contributed by atoms with Crippen molar-refractivity contribution in [3.63, 3.8) is 0 Å². The zero-order valence-electron chi connectivity index (χ0n) is 17.6. The summed E-state index contributed by atoms with van der Waals surface area (Å²) in [6.45, 7) is 7.16. The second-order valence-corrected chi connectivity index (χ2v) is 7.28. The molecule has 0 amide bonds. The van der Waals surface area contributed by atoms with E-state index in [2.05, 4.69) is 47.3 Å². The molecule has 0 saturated carbocycles. The van der Waals surface area contributed by atoms with Crippen molar-refractivity contribution in [3.8, 4) is 5.75 Å². The molecule has 0 radical (unpaired) electrons. The monoisotopic (exact) mass is 385 g/mol. The minimum Gasteiger partial charge on any atom is -0.494 e. The Bertz CT molecular complexity index is 700. The molecule has 1 atom stereocenters. The van der Waals surface area contributed by atoms with Crippen molar-refractivity contribution in [2.24, 2.45) is 0 Å². The van der Waals surface area contributed by atoms with E-state index in [1.165, 1.54) is 11.1 Å². The van der Waals surface area contributed by atoms with E-state index in [1.807, 2.05) is 13.1 Å². The number of hydrogen-bond donors (Lipinski definition) is 2. The maximum atomic E-state index is 9.28. The topological polar surface area (TPSA) is 67.3 Å². The highest BCUT2D eigenvalue weighted by Gasteiger charge is 2.11. The fourth-order valence-corrected chi connectivity index (χ4v) is 3.41. The predicted molar refractivity (Wildman–Crippen MR) is 115 cm³/mol. The van der Waals surface area contributed by atoms with Gasteiger partial charge in [-0.1, -0.05) is 25.5 Å². The van der Waals surface area contributed by atoms with Crippen molar-refractivity contribution in [1.82, 2.24) is 9.97 Å². The Kier molecular flexibility index (Phi) is 9.77. The number of aryl methyl sites for hydroxylation is 3. The van der Waals surface area contributed by atoms with Gasteiger partial charge in [0.1, 0.15) is 17.9 Å². The van der Waals surface area contributed by atoms with Crippen molar-refractivity contribution in [3.05, 3.63) is 47.4 Å². The first-order valence-electron chi connectivity index (χ1n) is 10.6. The van der Waals surface area contributed by atoms with Gasteiger partial charge in [-0.2, -0.15) is 0 Å². The van der Waals surface area contributed by atoms with Gasteiger partial charge in [0.05, 0.1) is 6.61 Å². The summed E-state index contributed by atoms with van der Waals surface area (Å²) in [7, 11) is 0. The number of nitrogens with zero attached hydrogens (tertiary/aromatic N) is 2. The molecule has 28 heavy (non-hydrogen) atoms. The maximum Gasteiger partial charge on any atom is 0.132 e. The van der Waals surface area contributed by atoms with Gasteiger partial charge >= 0.3 is 0 Å². The van der Waals surface area contributed by atoms with Crippen molar-refractivity contribution in [2.45, 2.75) is 71.8 Å². The predicted octanol–water partition coefficient (Wildman–Crippen LogP) is 4.71. The normalized spacial score (nSPS) is 12.0. The first-order valence-corrected chi connectivity index (χ1v) is 10.6. The molecule has 2 aromatic rings. The minimum absolute atomic E-state index is 0.193. The van der Waals surface area contributed by atoms with Crippen molar-refractivity contribution in [2.75, 3.05) is 18.5 Å². The first kappa shape index (κ1) is 22.2. The lowest BCUT2D eigenvalue weighted by Gasteiger charge is -2.19. The summed E-state index contributed by atoms with van der Waals surface area (Å²) in [6, 6.07) is 6.76. The van der Waals surface area contributed by atoms with Crippen LogP contribution in [0.15, 0.2) is 30.7 Å². The van der Waals surface area contributed by atoms with Gasteiger partial charge in [-0.05, 0) is 69.6 Å². The number of aliphatic hydroxyl groups is 1. The molecular weight excluding hydrogens is 350 g/mol. The van der Waals surface area contributed by atoms with Crippen molar-refractivity contribution in [1.29, 1.82) is 0 Å². The SMILES string of the molecule is CCC[C@@H](CCO)Nc1ncncc1CCCCc1ccc(C)c(OCC)c1. The number of nitrogens with one attached hydrogen (secondary N) is 1. The van der Waals surface area contributed by atoms with E-state index in [4.69, 9.17) is 4.74 Å². The van der Waals surface area contributed by atoms with E-state index < -0.39 is 0 Å². The summed E-state index contributed by atoms with van der Waals surface area (Å²) in [6.07, 6.45) is 10.5. The number of aliphatic hydroxyl groups excluding tert-OH is 1. The van der Waals surface area contributed by atoms with Crippen LogP contribution in [-0.4, -0.2) is 34.3 Å². The van der Waals surface area contributed by atoms with Gasteiger partial charge in [-0.25, -0.2) is 9.97 Å². The molecule has 1 heterocycles. The molecule has 0 fully saturated rings. The van der Waals surface area contributed by atoms with Gasteiger partial charge in [0.15, 0.2) is 0 Å². The summed E-state index contributed by atoms with van der Waals surface area (Å²) in [5, 5.41) is 12.8. The second-order valence-electron chi connectivity index (χ2n) is 7.28. The number of unbranched alkanes of at least 4 members (excludes halogenated alkanes) is 1. The third kappa shape index (κ3) is 7.12. The fraction of sp³-hybridized carbons (Fsp3) is 0.565. The van der Waals surface area contributed by atoms with Gasteiger partial charge < -0.3 is 15.2 Å². The Balaban J connectivity index is 1.88. The van der Waals surface area contributed by atoms with Gasteiger partial charge in [0, 0.05) is 24.4 Å². The molecule has 1 aromatic heterocycles. The van der Waals surface area contributed by atoms with E-state index in [1.54, 1.807) is 6.33 Å². The van der Waals surface area contributed by atoms with Crippen LogP contribution in [0.5, 0.6) is 5.75 Å². The summed E-state index contributed by atoms with van der Waals surface area (Å²) in [5.74, 6) is 1.91. The summed E-state index contributed by atoms with van der Waals surface area (Å²) in [4.78, 5) is 8.65. The van der Waals surface area contributed by atoms with Crippen LogP contribution >= 0.6 is 0 Å². The quantitative estimate of drug-likeness (QED) is 0.489. The van der Waals surface area contributed by atoms with Gasteiger partial charge in [-0.15, -0.1) is 0 Å². The number of anilines is 1. The number of hydrogen-bond acceptors (Lipinski definition) is 5. The molecule has 5 nitrogen and oxygen atoms in total. The zero-order chi connectivity index (χ0) is 20.2. The van der Waals surface area contributed by atoms with E-state index in [0.717, 1.165) is 62.1 Å². The lowest BCUT2D eigenvalue weighted by Crippen LogP contribution is -2.22. The third-order valence-corrected chi connectivity index (χ3v) is 4.96. The average molecular weight is 386 g/mol. The lowest BCUT2D eigenvalue weighted by molar-refractivity contribution is 0.276. The molecule has 2 rings (SSSR count). The highest BCUT2D eigenvalue weighted by atomic mass is 16.5. The molecule has 0 bridgehead atoms. The number of rotatable bonds is 13. The van der Waals surface area contributed by atoms with Crippen LogP contribution in [0.1, 0.15) is 62.6 Å². The molecule has 0 aliphatic carbocycles. The number of ether oxygens (including phenoxy) is 1. The van der Waals surface area contributed by atoms with Crippen LogP contribution in [0.4, 0.5) is 5.82 Å². The minimum atomic E-state index is 0.193.